The highest BCUT2D eigenvalue weighted by atomic mass is 127. The van der Waals surface area contributed by atoms with E-state index in [0.717, 1.165) is 21.2 Å². The number of benzene rings is 1. The topological polar surface area (TPSA) is 63.7 Å². The van der Waals surface area contributed by atoms with Gasteiger partial charge < -0.3 is 4.74 Å². The lowest BCUT2D eigenvalue weighted by atomic mass is 10.3. The Morgan fingerprint density at radius 1 is 1.26 bits per heavy atom. The Balaban J connectivity index is 1.96. The fourth-order valence-electron chi connectivity index (χ4n) is 1.47. The van der Waals surface area contributed by atoms with Crippen LogP contribution in [-0.4, -0.2) is 20.2 Å². The van der Waals surface area contributed by atoms with Crippen LogP contribution in [0.5, 0.6) is 11.8 Å². The summed E-state index contributed by atoms with van der Waals surface area (Å²) < 4.78 is 32.1. The highest BCUT2D eigenvalue weighted by Gasteiger charge is 2.10. The molecule has 0 aliphatic rings. The molecule has 0 bridgehead atoms. The minimum atomic E-state index is -0.817. The monoisotopic (exact) mass is 374 g/mol. The second-order valence-electron chi connectivity index (χ2n) is 3.61. The average molecular weight is 374 g/mol. The summed E-state index contributed by atoms with van der Waals surface area (Å²) in [6.45, 7) is 0. The molecule has 0 atom stereocenters. The molecule has 3 rings (SSSR count). The summed E-state index contributed by atoms with van der Waals surface area (Å²) in [7, 11) is 0. The van der Waals surface area contributed by atoms with Crippen LogP contribution in [0.25, 0.3) is 11.0 Å². The minimum absolute atomic E-state index is 0.0435. The van der Waals surface area contributed by atoms with E-state index in [0.29, 0.717) is 5.65 Å². The van der Waals surface area contributed by atoms with Crippen molar-refractivity contribution in [1.82, 2.24) is 20.2 Å². The number of ether oxygens (including phenoxy) is 1. The van der Waals surface area contributed by atoms with Gasteiger partial charge in [-0.15, -0.1) is 0 Å². The van der Waals surface area contributed by atoms with Crippen LogP contribution in [0.3, 0.4) is 0 Å². The van der Waals surface area contributed by atoms with E-state index in [1.54, 1.807) is 0 Å². The van der Waals surface area contributed by atoms with E-state index in [1.807, 2.05) is 22.6 Å². The Kier molecular flexibility index (Phi) is 3.01. The molecule has 19 heavy (non-hydrogen) atoms. The van der Waals surface area contributed by atoms with Crippen molar-refractivity contribution in [2.24, 2.45) is 0 Å². The Labute approximate surface area is 119 Å². The van der Waals surface area contributed by atoms with Crippen molar-refractivity contribution >= 4 is 33.6 Å². The van der Waals surface area contributed by atoms with Gasteiger partial charge in [0.1, 0.15) is 9.52 Å². The van der Waals surface area contributed by atoms with Gasteiger partial charge in [0.05, 0.1) is 5.39 Å². The van der Waals surface area contributed by atoms with Crippen LogP contribution in [0, 0.1) is 15.3 Å². The first-order valence-corrected chi connectivity index (χ1v) is 6.21. The molecule has 8 heteroatoms. The van der Waals surface area contributed by atoms with Crippen LogP contribution in [0.4, 0.5) is 8.78 Å². The summed E-state index contributed by atoms with van der Waals surface area (Å²) in [5, 5.41) is 7.39. The number of hydrogen-bond donors (Lipinski definition) is 1. The van der Waals surface area contributed by atoms with Crippen molar-refractivity contribution in [3.8, 4) is 11.8 Å². The standard InChI is InChI=1S/C11H5F2IN4O/c12-5-1-2-8(7(13)3-5)19-11-15-4-6-9(14)17-18-10(6)16-11/h1-4H,(H,15,16,17,18). The van der Waals surface area contributed by atoms with Gasteiger partial charge in [-0.05, 0) is 34.7 Å². The van der Waals surface area contributed by atoms with Gasteiger partial charge in [0, 0.05) is 12.3 Å². The molecule has 5 nitrogen and oxygen atoms in total. The first kappa shape index (κ1) is 12.2. The molecule has 0 aliphatic carbocycles. The number of H-pyrrole nitrogens is 1. The van der Waals surface area contributed by atoms with Crippen molar-refractivity contribution in [3.63, 3.8) is 0 Å². The molecular formula is C11H5F2IN4O. The van der Waals surface area contributed by atoms with E-state index in [9.17, 15) is 8.78 Å². The first-order chi connectivity index (χ1) is 9.13. The van der Waals surface area contributed by atoms with Crippen LogP contribution >= 0.6 is 22.6 Å². The normalized spacial score (nSPS) is 10.9. The molecule has 1 N–H and O–H groups in total. The van der Waals surface area contributed by atoms with Crippen LogP contribution in [-0.2, 0) is 0 Å². The lowest BCUT2D eigenvalue weighted by Gasteiger charge is -2.04. The number of nitrogens with zero attached hydrogens (tertiary/aromatic N) is 3. The highest BCUT2D eigenvalue weighted by Crippen LogP contribution is 2.24. The molecule has 0 amide bonds. The minimum Gasteiger partial charge on any atom is -0.421 e. The van der Waals surface area contributed by atoms with E-state index in [-0.39, 0.29) is 11.8 Å². The molecule has 0 aliphatic heterocycles. The van der Waals surface area contributed by atoms with Crippen molar-refractivity contribution in [2.75, 3.05) is 0 Å². The van der Waals surface area contributed by atoms with Crippen molar-refractivity contribution in [2.45, 2.75) is 0 Å². The third-order valence-corrected chi connectivity index (χ3v) is 3.17. The lowest BCUT2D eigenvalue weighted by Crippen LogP contribution is -1.94. The van der Waals surface area contributed by atoms with Gasteiger partial charge in [0.2, 0.25) is 0 Å². The number of rotatable bonds is 2. The summed E-state index contributed by atoms with van der Waals surface area (Å²) in [6.07, 6.45) is 1.52. The maximum Gasteiger partial charge on any atom is 0.324 e. The largest absolute Gasteiger partial charge is 0.421 e. The molecule has 2 aromatic heterocycles. The highest BCUT2D eigenvalue weighted by molar-refractivity contribution is 14.1. The molecule has 1 aromatic carbocycles. The second kappa shape index (κ2) is 4.68. The first-order valence-electron chi connectivity index (χ1n) is 5.13. The number of halogens is 3. The van der Waals surface area contributed by atoms with Crippen molar-refractivity contribution < 1.29 is 13.5 Å². The van der Waals surface area contributed by atoms with Gasteiger partial charge in [-0.3, -0.25) is 5.10 Å². The van der Waals surface area contributed by atoms with Crippen LogP contribution < -0.4 is 4.74 Å². The SMILES string of the molecule is Fc1ccc(Oc2ncc3c(I)n[nH]c3n2)c(F)c1. The van der Waals surface area contributed by atoms with Gasteiger partial charge in [-0.1, -0.05) is 0 Å². The molecule has 0 radical (unpaired) electrons. The smallest absolute Gasteiger partial charge is 0.324 e. The maximum absolute atomic E-state index is 13.4. The molecular weight excluding hydrogens is 369 g/mol. The molecule has 96 valence electrons. The van der Waals surface area contributed by atoms with E-state index < -0.39 is 11.6 Å². The fraction of sp³-hybridized carbons (Fsp3) is 0. The molecule has 0 saturated carbocycles. The van der Waals surface area contributed by atoms with Crippen molar-refractivity contribution in [1.29, 1.82) is 0 Å². The van der Waals surface area contributed by atoms with Crippen molar-refractivity contribution in [3.05, 3.63) is 39.7 Å². The Bertz CT molecular complexity index is 762. The number of aromatic amines is 1. The Morgan fingerprint density at radius 2 is 2.11 bits per heavy atom. The van der Waals surface area contributed by atoms with Gasteiger partial charge in [-0.25, -0.2) is 13.8 Å². The molecule has 0 saturated heterocycles. The molecule has 2 heterocycles. The fourth-order valence-corrected chi connectivity index (χ4v) is 1.98. The van der Waals surface area contributed by atoms with Crippen LogP contribution in [0.2, 0.25) is 0 Å². The Morgan fingerprint density at radius 3 is 2.89 bits per heavy atom. The van der Waals surface area contributed by atoms with Gasteiger partial charge >= 0.3 is 6.01 Å². The summed E-state index contributed by atoms with van der Waals surface area (Å²) >= 11 is 2.03. The lowest BCUT2D eigenvalue weighted by molar-refractivity contribution is 0.409. The second-order valence-corrected chi connectivity index (χ2v) is 4.63. The number of nitrogens with one attached hydrogen (secondary N) is 1. The zero-order chi connectivity index (χ0) is 13.4. The quantitative estimate of drug-likeness (QED) is 0.701. The summed E-state index contributed by atoms with van der Waals surface area (Å²) in [5.74, 6) is -1.64. The number of fused-ring (bicyclic) bond motifs is 1. The number of hydrogen-bond acceptors (Lipinski definition) is 4. The zero-order valence-electron chi connectivity index (χ0n) is 9.19. The van der Waals surface area contributed by atoms with Crippen LogP contribution in [0.1, 0.15) is 0 Å². The molecule has 3 aromatic rings. The van der Waals surface area contributed by atoms with Gasteiger partial charge in [0.25, 0.3) is 0 Å². The van der Waals surface area contributed by atoms with E-state index in [2.05, 4.69) is 20.2 Å². The van der Waals surface area contributed by atoms with Gasteiger partial charge in [-0.2, -0.15) is 10.1 Å². The van der Waals surface area contributed by atoms with Gasteiger partial charge in [0.15, 0.2) is 17.2 Å². The maximum atomic E-state index is 13.4. The van der Waals surface area contributed by atoms with E-state index in [4.69, 9.17) is 4.74 Å². The van der Waals surface area contributed by atoms with E-state index in [1.165, 1.54) is 12.3 Å². The predicted octanol–water partition coefficient (Wildman–Crippen LogP) is 3.03. The summed E-state index contributed by atoms with van der Waals surface area (Å²) in [5.41, 5.74) is 0.483. The van der Waals surface area contributed by atoms with E-state index >= 15 is 0 Å². The third-order valence-electron chi connectivity index (χ3n) is 2.34. The van der Waals surface area contributed by atoms with Crippen LogP contribution in [0.15, 0.2) is 24.4 Å². The Hall–Kier alpha value is -1.84. The number of aromatic nitrogens is 4. The summed E-state index contributed by atoms with van der Waals surface area (Å²) in [4.78, 5) is 7.98. The molecule has 0 spiro atoms. The summed E-state index contributed by atoms with van der Waals surface area (Å²) in [6, 6.07) is 2.95. The third kappa shape index (κ3) is 2.35. The predicted molar refractivity (Wildman–Crippen MR) is 70.8 cm³/mol. The average Bonchev–Trinajstić information content (AvgIpc) is 2.74. The molecule has 0 unspecified atom stereocenters. The zero-order valence-corrected chi connectivity index (χ0v) is 11.4. The molecule has 0 fully saturated rings.